The summed E-state index contributed by atoms with van der Waals surface area (Å²) in [7, 11) is 0. The van der Waals surface area contributed by atoms with Crippen molar-refractivity contribution in [2.24, 2.45) is 5.92 Å². The van der Waals surface area contributed by atoms with Gasteiger partial charge in [0.25, 0.3) is 5.78 Å². The predicted octanol–water partition coefficient (Wildman–Crippen LogP) is 3.83. The minimum Gasteiger partial charge on any atom is -0.355 e. The van der Waals surface area contributed by atoms with E-state index < -0.39 is 0 Å². The molecule has 0 fully saturated rings. The Morgan fingerprint density at radius 2 is 1.88 bits per heavy atom. The van der Waals surface area contributed by atoms with Crippen LogP contribution in [0.3, 0.4) is 0 Å². The zero-order valence-electron chi connectivity index (χ0n) is 20.7. The summed E-state index contributed by atoms with van der Waals surface area (Å²) in [6.07, 6.45) is 0.809. The van der Waals surface area contributed by atoms with E-state index in [1.165, 1.54) is 22.9 Å². The van der Waals surface area contributed by atoms with Crippen molar-refractivity contribution >= 4 is 23.4 Å². The quantitative estimate of drug-likeness (QED) is 0.431. The summed E-state index contributed by atoms with van der Waals surface area (Å²) in [6.45, 7) is 16.4. The van der Waals surface area contributed by atoms with Crippen molar-refractivity contribution in [1.29, 1.82) is 0 Å². The lowest BCUT2D eigenvalue weighted by molar-refractivity contribution is -0.118. The van der Waals surface area contributed by atoms with Crippen LogP contribution in [0.5, 0.6) is 0 Å². The number of rotatable bonds is 11. The Kier molecular flexibility index (Phi) is 8.86. The fourth-order valence-corrected chi connectivity index (χ4v) is 4.61. The van der Waals surface area contributed by atoms with Crippen molar-refractivity contribution in [3.63, 3.8) is 0 Å². The van der Waals surface area contributed by atoms with Gasteiger partial charge in [-0.15, -0.1) is 5.10 Å². The fraction of sp³-hybridized carbons (Fsp3) is 0.520. The molecule has 1 amide bonds. The van der Waals surface area contributed by atoms with Crippen LogP contribution in [0.2, 0.25) is 0 Å². The van der Waals surface area contributed by atoms with Gasteiger partial charge in [0.05, 0.1) is 5.75 Å². The number of carbonyl (C=O) groups excluding carboxylic acids is 1. The van der Waals surface area contributed by atoms with Crippen LogP contribution < -0.4 is 5.32 Å². The molecule has 8 heteroatoms. The maximum atomic E-state index is 12.3. The van der Waals surface area contributed by atoms with E-state index in [0.29, 0.717) is 29.1 Å². The maximum Gasteiger partial charge on any atom is 0.253 e. The number of nitrogens with zero attached hydrogens (tertiary/aromatic N) is 5. The Morgan fingerprint density at radius 1 is 1.15 bits per heavy atom. The largest absolute Gasteiger partial charge is 0.355 e. The third-order valence-corrected chi connectivity index (χ3v) is 6.94. The molecule has 7 nitrogen and oxygen atoms in total. The van der Waals surface area contributed by atoms with Gasteiger partial charge >= 0.3 is 0 Å². The summed E-state index contributed by atoms with van der Waals surface area (Å²) < 4.78 is 1.80. The standard InChI is InChI=1S/C25H36N6OS/c1-7-30(8-2)15-17(3)14-26-23(32)16-33-25-28-24-27-19(5)22(20(6)31(24)29-25)13-21-12-10-9-11-18(21)4/h9-12,17H,7-8,13-16H2,1-6H3,(H,26,32). The zero-order chi connectivity index (χ0) is 24.0. The van der Waals surface area contributed by atoms with E-state index in [1.807, 2.05) is 6.92 Å². The molecule has 2 heterocycles. The first-order chi connectivity index (χ1) is 15.8. The summed E-state index contributed by atoms with van der Waals surface area (Å²) in [5, 5.41) is 8.24. The van der Waals surface area contributed by atoms with Gasteiger partial charge < -0.3 is 10.2 Å². The first kappa shape index (κ1) is 25.2. The molecule has 1 unspecified atom stereocenters. The number of aryl methyl sites for hydroxylation is 3. The minimum atomic E-state index is 0.00589. The molecule has 3 aromatic rings. The number of nitrogens with one attached hydrogen (secondary N) is 1. The number of thioether (sulfide) groups is 1. The molecule has 0 saturated heterocycles. The number of carbonyl (C=O) groups is 1. The van der Waals surface area contributed by atoms with E-state index in [-0.39, 0.29) is 5.91 Å². The zero-order valence-corrected chi connectivity index (χ0v) is 21.5. The lowest BCUT2D eigenvalue weighted by atomic mass is 9.99. The van der Waals surface area contributed by atoms with Gasteiger partial charge in [0.2, 0.25) is 11.1 Å². The fourth-order valence-electron chi connectivity index (χ4n) is 3.96. The van der Waals surface area contributed by atoms with Crippen LogP contribution in [-0.4, -0.2) is 62.3 Å². The van der Waals surface area contributed by atoms with Gasteiger partial charge in [-0.3, -0.25) is 4.79 Å². The summed E-state index contributed by atoms with van der Waals surface area (Å²) in [6, 6.07) is 8.41. The molecule has 0 aliphatic carbocycles. The number of fused-ring (bicyclic) bond motifs is 1. The van der Waals surface area contributed by atoms with Gasteiger partial charge in [0, 0.05) is 30.9 Å². The van der Waals surface area contributed by atoms with Crippen LogP contribution >= 0.6 is 11.8 Å². The second kappa shape index (κ2) is 11.6. The molecule has 0 radical (unpaired) electrons. The first-order valence-electron chi connectivity index (χ1n) is 11.7. The smallest absolute Gasteiger partial charge is 0.253 e. The highest BCUT2D eigenvalue weighted by molar-refractivity contribution is 7.99. The molecule has 0 saturated carbocycles. The van der Waals surface area contributed by atoms with Crippen molar-refractivity contribution in [1.82, 2.24) is 29.8 Å². The molecule has 33 heavy (non-hydrogen) atoms. The van der Waals surface area contributed by atoms with Gasteiger partial charge in [-0.05, 0) is 56.5 Å². The number of hydrogen-bond donors (Lipinski definition) is 1. The Labute approximate surface area is 201 Å². The second-order valence-electron chi connectivity index (χ2n) is 8.65. The SMILES string of the molecule is CCN(CC)CC(C)CNC(=O)CSc1nc2nc(C)c(Cc3ccccc3C)c(C)n2n1. The van der Waals surface area contributed by atoms with Crippen LogP contribution in [0.1, 0.15) is 48.8 Å². The number of aromatic nitrogens is 4. The van der Waals surface area contributed by atoms with Crippen LogP contribution in [0.25, 0.3) is 5.78 Å². The second-order valence-corrected chi connectivity index (χ2v) is 9.60. The van der Waals surface area contributed by atoms with E-state index >= 15 is 0 Å². The molecular formula is C25H36N6OS. The first-order valence-corrected chi connectivity index (χ1v) is 12.7. The Bertz CT molecular complexity index is 1090. The monoisotopic (exact) mass is 468 g/mol. The predicted molar refractivity (Wildman–Crippen MR) is 135 cm³/mol. The number of hydrogen-bond acceptors (Lipinski definition) is 6. The molecule has 1 atom stereocenters. The molecular weight excluding hydrogens is 432 g/mol. The molecule has 0 aliphatic heterocycles. The average Bonchev–Trinajstić information content (AvgIpc) is 3.21. The van der Waals surface area contributed by atoms with Crippen molar-refractivity contribution < 1.29 is 4.79 Å². The summed E-state index contributed by atoms with van der Waals surface area (Å²) in [5.74, 6) is 1.29. The van der Waals surface area contributed by atoms with Crippen LogP contribution in [0.4, 0.5) is 0 Å². The van der Waals surface area contributed by atoms with Crippen molar-refractivity contribution in [2.75, 3.05) is 31.9 Å². The van der Waals surface area contributed by atoms with Gasteiger partial charge in [-0.25, -0.2) is 9.50 Å². The van der Waals surface area contributed by atoms with E-state index in [4.69, 9.17) is 0 Å². The third kappa shape index (κ3) is 6.54. The maximum absolute atomic E-state index is 12.3. The van der Waals surface area contributed by atoms with Crippen molar-refractivity contribution in [2.45, 2.75) is 53.1 Å². The lowest BCUT2D eigenvalue weighted by Crippen LogP contribution is -2.36. The molecule has 0 bridgehead atoms. The van der Waals surface area contributed by atoms with E-state index in [2.05, 4.69) is 84.2 Å². The van der Waals surface area contributed by atoms with Crippen molar-refractivity contribution in [3.05, 3.63) is 52.3 Å². The van der Waals surface area contributed by atoms with Crippen LogP contribution in [0.15, 0.2) is 29.4 Å². The van der Waals surface area contributed by atoms with Gasteiger partial charge in [-0.1, -0.05) is 56.8 Å². The van der Waals surface area contributed by atoms with E-state index in [1.54, 1.807) is 4.52 Å². The molecule has 3 rings (SSSR count). The average molecular weight is 469 g/mol. The topological polar surface area (TPSA) is 75.4 Å². The number of amides is 1. The van der Waals surface area contributed by atoms with Gasteiger partial charge in [0.15, 0.2) is 0 Å². The lowest BCUT2D eigenvalue weighted by Gasteiger charge is -2.22. The molecule has 0 aliphatic rings. The Hall–Kier alpha value is -2.45. The van der Waals surface area contributed by atoms with E-state index in [9.17, 15) is 4.79 Å². The molecule has 0 spiro atoms. The van der Waals surface area contributed by atoms with Gasteiger partial charge in [0.1, 0.15) is 0 Å². The summed E-state index contributed by atoms with van der Waals surface area (Å²) in [5.41, 5.74) is 5.72. The Balaban J connectivity index is 1.62. The van der Waals surface area contributed by atoms with Crippen LogP contribution in [-0.2, 0) is 11.2 Å². The van der Waals surface area contributed by atoms with Crippen molar-refractivity contribution in [3.8, 4) is 0 Å². The van der Waals surface area contributed by atoms with E-state index in [0.717, 1.165) is 43.0 Å². The molecule has 1 N–H and O–H groups in total. The Morgan fingerprint density at radius 3 is 2.58 bits per heavy atom. The van der Waals surface area contributed by atoms with Crippen LogP contribution in [0, 0.1) is 26.7 Å². The third-order valence-electron chi connectivity index (χ3n) is 6.10. The summed E-state index contributed by atoms with van der Waals surface area (Å²) >= 11 is 1.35. The highest BCUT2D eigenvalue weighted by Gasteiger charge is 2.16. The minimum absolute atomic E-state index is 0.00589. The highest BCUT2D eigenvalue weighted by Crippen LogP contribution is 2.21. The van der Waals surface area contributed by atoms with Gasteiger partial charge in [-0.2, -0.15) is 4.98 Å². The molecule has 1 aromatic carbocycles. The number of benzene rings is 1. The molecule has 178 valence electrons. The highest BCUT2D eigenvalue weighted by atomic mass is 32.2. The molecule has 2 aromatic heterocycles. The normalized spacial score (nSPS) is 12.5. The summed E-state index contributed by atoms with van der Waals surface area (Å²) in [4.78, 5) is 23.9.